The molecule has 0 N–H and O–H groups in total. The number of rotatable bonds is 3. The first-order valence-electron chi connectivity index (χ1n) is 17.1. The molecular formula is C45H27N5. The minimum Gasteiger partial charge on any atom is -0.307 e. The zero-order valence-electron chi connectivity index (χ0n) is 27.1. The fraction of sp³-hybridized carbons (Fsp3) is 0.0444. The van der Waals surface area contributed by atoms with Gasteiger partial charge in [-0.3, -0.25) is 9.55 Å². The fourth-order valence-electron chi connectivity index (χ4n) is 8.61. The number of pyridine rings is 2. The van der Waals surface area contributed by atoms with Gasteiger partial charge in [0.05, 0.1) is 50.4 Å². The first-order valence-corrected chi connectivity index (χ1v) is 17.1. The Balaban J connectivity index is 1.38. The summed E-state index contributed by atoms with van der Waals surface area (Å²) in [5.74, 6) is 0.908. The molecule has 0 aliphatic heterocycles. The molecule has 11 rings (SSSR count). The molecule has 50 heavy (non-hydrogen) atoms. The Hall–Kier alpha value is -6.77. The van der Waals surface area contributed by atoms with Gasteiger partial charge in [-0.2, -0.15) is 5.26 Å². The van der Waals surface area contributed by atoms with Gasteiger partial charge in [-0.05, 0) is 48.2 Å². The Morgan fingerprint density at radius 1 is 0.620 bits per heavy atom. The van der Waals surface area contributed by atoms with Crippen molar-refractivity contribution in [2.24, 2.45) is 0 Å². The Morgan fingerprint density at radius 3 is 2.18 bits per heavy atom. The summed E-state index contributed by atoms with van der Waals surface area (Å²) < 4.78 is 4.90. The lowest BCUT2D eigenvalue weighted by atomic mass is 10.00. The van der Waals surface area contributed by atoms with E-state index in [0.717, 1.165) is 51.0 Å². The predicted octanol–water partition coefficient (Wildman–Crippen LogP) is 11.1. The van der Waals surface area contributed by atoms with Crippen LogP contribution in [0.1, 0.15) is 18.1 Å². The van der Waals surface area contributed by atoms with E-state index in [1.54, 1.807) is 0 Å². The van der Waals surface area contributed by atoms with E-state index in [9.17, 15) is 5.26 Å². The van der Waals surface area contributed by atoms with Crippen LogP contribution in [-0.4, -0.2) is 18.9 Å². The van der Waals surface area contributed by atoms with Crippen molar-refractivity contribution < 1.29 is 0 Å². The van der Waals surface area contributed by atoms with E-state index < -0.39 is 0 Å². The number of fused-ring (bicyclic) bond motifs is 13. The zero-order chi connectivity index (χ0) is 33.1. The van der Waals surface area contributed by atoms with Crippen LogP contribution in [0.15, 0.2) is 134 Å². The molecule has 0 spiro atoms. The highest BCUT2D eigenvalue weighted by molar-refractivity contribution is 6.37. The summed E-state index contributed by atoms with van der Waals surface area (Å²) >= 11 is 0. The average Bonchev–Trinajstić information content (AvgIpc) is 3.81. The minimum absolute atomic E-state index is 0.619. The van der Waals surface area contributed by atoms with Gasteiger partial charge in [0.2, 0.25) is 0 Å². The molecule has 0 atom stereocenters. The summed E-state index contributed by atoms with van der Waals surface area (Å²) in [5, 5.41) is 20.5. The smallest absolute Gasteiger partial charge is 0.142 e. The standard InChI is InChI=1S/C45H27N5/c1-2-29-32-14-9-23-47-42(32)41(28-19-17-26(25-46)18-20-28)48-45(29)49-37-16-8-6-13-33(37)39-38(49)24-35-31-12-5-7-15-36(31)50-43-30-11-4-3-10-27(30)21-22-34(43)40(39)44(35)50/h3-24H,2H2,1H3. The third-order valence-electron chi connectivity index (χ3n) is 10.7. The zero-order valence-corrected chi connectivity index (χ0v) is 27.1. The van der Waals surface area contributed by atoms with Gasteiger partial charge < -0.3 is 4.40 Å². The van der Waals surface area contributed by atoms with Crippen LogP contribution in [0.4, 0.5) is 0 Å². The van der Waals surface area contributed by atoms with Crippen molar-refractivity contribution >= 4 is 81.6 Å². The van der Waals surface area contributed by atoms with Crippen molar-refractivity contribution in [3.05, 3.63) is 145 Å². The molecule has 0 fully saturated rings. The molecule has 11 aromatic rings. The molecule has 5 heteroatoms. The molecule has 0 aliphatic rings. The van der Waals surface area contributed by atoms with Crippen LogP contribution in [0, 0.1) is 11.3 Å². The van der Waals surface area contributed by atoms with E-state index >= 15 is 0 Å². The first kappa shape index (κ1) is 27.2. The number of hydrogen-bond acceptors (Lipinski definition) is 3. The number of nitriles is 1. The molecule has 0 bridgehead atoms. The molecular weight excluding hydrogens is 611 g/mol. The molecule has 232 valence electrons. The van der Waals surface area contributed by atoms with Crippen LogP contribution in [-0.2, 0) is 6.42 Å². The molecule has 5 aromatic heterocycles. The second-order valence-electron chi connectivity index (χ2n) is 13.1. The van der Waals surface area contributed by atoms with Crippen LogP contribution in [0.2, 0.25) is 0 Å². The van der Waals surface area contributed by atoms with E-state index in [4.69, 9.17) is 9.97 Å². The third-order valence-corrected chi connectivity index (χ3v) is 10.7. The van der Waals surface area contributed by atoms with Crippen LogP contribution < -0.4 is 0 Å². The van der Waals surface area contributed by atoms with Crippen LogP contribution in [0.5, 0.6) is 0 Å². The average molecular weight is 638 g/mol. The van der Waals surface area contributed by atoms with Gasteiger partial charge in [-0.15, -0.1) is 0 Å². The molecule has 0 aliphatic carbocycles. The topological polar surface area (TPSA) is 58.9 Å². The Bertz CT molecular complexity index is 3250. The SMILES string of the molecule is CCc1c(-n2c3ccccc3c3c4c5ccc6ccccc6c5n5c6ccccc6c(cc32)c45)nc(-c2ccc(C#N)cc2)c2ncccc12. The van der Waals surface area contributed by atoms with Gasteiger partial charge in [0.25, 0.3) is 0 Å². The highest BCUT2D eigenvalue weighted by Crippen LogP contribution is 2.48. The number of hydrogen-bond donors (Lipinski definition) is 0. The molecule has 5 heterocycles. The quantitative estimate of drug-likeness (QED) is 0.194. The van der Waals surface area contributed by atoms with E-state index in [-0.39, 0.29) is 0 Å². The molecule has 0 saturated heterocycles. The van der Waals surface area contributed by atoms with Crippen molar-refractivity contribution in [1.29, 1.82) is 5.26 Å². The summed E-state index contributed by atoms with van der Waals surface area (Å²) in [4.78, 5) is 10.4. The van der Waals surface area contributed by atoms with Crippen LogP contribution in [0.3, 0.4) is 0 Å². The maximum absolute atomic E-state index is 9.51. The third kappa shape index (κ3) is 3.39. The summed E-state index contributed by atoms with van der Waals surface area (Å²) in [6.45, 7) is 2.20. The number of aryl methyl sites for hydroxylation is 1. The number of para-hydroxylation sites is 2. The largest absolute Gasteiger partial charge is 0.307 e. The second-order valence-corrected chi connectivity index (χ2v) is 13.1. The minimum atomic E-state index is 0.619. The summed E-state index contributed by atoms with van der Waals surface area (Å²) in [5.41, 5.74) is 10.4. The number of aromatic nitrogens is 4. The van der Waals surface area contributed by atoms with E-state index in [1.807, 2.05) is 36.5 Å². The van der Waals surface area contributed by atoms with Crippen LogP contribution in [0.25, 0.3) is 98.7 Å². The van der Waals surface area contributed by atoms with Crippen molar-refractivity contribution in [3.63, 3.8) is 0 Å². The van der Waals surface area contributed by atoms with Crippen LogP contribution >= 0.6 is 0 Å². The Morgan fingerprint density at radius 2 is 1.36 bits per heavy atom. The van der Waals surface area contributed by atoms with Crippen molar-refractivity contribution in [2.75, 3.05) is 0 Å². The Labute approximate surface area is 286 Å². The van der Waals surface area contributed by atoms with Crippen molar-refractivity contribution in [2.45, 2.75) is 13.3 Å². The van der Waals surface area contributed by atoms with Crippen molar-refractivity contribution in [1.82, 2.24) is 18.9 Å². The first-order chi connectivity index (χ1) is 24.7. The maximum atomic E-state index is 9.51. The second kappa shape index (κ2) is 9.88. The Kier molecular flexibility index (Phi) is 5.38. The lowest BCUT2D eigenvalue weighted by Gasteiger charge is -2.17. The van der Waals surface area contributed by atoms with Gasteiger partial charge in [0, 0.05) is 60.4 Å². The monoisotopic (exact) mass is 637 g/mol. The van der Waals surface area contributed by atoms with Gasteiger partial charge >= 0.3 is 0 Å². The fourth-order valence-corrected chi connectivity index (χ4v) is 8.61. The molecule has 5 nitrogen and oxygen atoms in total. The molecule has 0 amide bonds. The summed E-state index contributed by atoms with van der Waals surface area (Å²) in [6, 6.07) is 47.4. The number of nitrogens with zero attached hydrogens (tertiary/aromatic N) is 5. The lowest BCUT2D eigenvalue weighted by Crippen LogP contribution is -2.06. The summed E-state index contributed by atoms with van der Waals surface area (Å²) in [7, 11) is 0. The van der Waals surface area contributed by atoms with Gasteiger partial charge in [-0.25, -0.2) is 4.98 Å². The van der Waals surface area contributed by atoms with Gasteiger partial charge in [-0.1, -0.05) is 97.9 Å². The highest BCUT2D eigenvalue weighted by Gasteiger charge is 2.26. The predicted molar refractivity (Wildman–Crippen MR) is 206 cm³/mol. The normalized spacial score (nSPS) is 12.2. The van der Waals surface area contributed by atoms with Gasteiger partial charge in [0.15, 0.2) is 0 Å². The van der Waals surface area contributed by atoms with E-state index in [0.29, 0.717) is 5.56 Å². The summed E-state index contributed by atoms with van der Waals surface area (Å²) in [6.07, 6.45) is 2.63. The van der Waals surface area contributed by atoms with Gasteiger partial charge in [0.1, 0.15) is 5.82 Å². The molecule has 0 unspecified atom stereocenters. The highest BCUT2D eigenvalue weighted by atomic mass is 15.1. The van der Waals surface area contributed by atoms with E-state index in [1.165, 1.54) is 59.6 Å². The molecule has 0 radical (unpaired) electrons. The van der Waals surface area contributed by atoms with Crippen molar-refractivity contribution in [3.8, 4) is 23.1 Å². The lowest BCUT2D eigenvalue weighted by molar-refractivity contribution is 1.02. The van der Waals surface area contributed by atoms with E-state index in [2.05, 4.69) is 119 Å². The number of benzene rings is 6. The molecule has 6 aromatic carbocycles. The maximum Gasteiger partial charge on any atom is 0.142 e. The molecule has 0 saturated carbocycles.